The summed E-state index contributed by atoms with van der Waals surface area (Å²) in [7, 11) is 1.76. The average Bonchev–Trinajstić information content (AvgIpc) is 2.25. The monoisotopic (exact) mass is 167 g/mol. The van der Waals surface area contributed by atoms with E-state index >= 15 is 0 Å². The normalized spacial score (nSPS) is 10.2. The van der Waals surface area contributed by atoms with E-state index in [4.69, 9.17) is 11.5 Å². The molecule has 0 spiro atoms. The van der Waals surface area contributed by atoms with E-state index in [9.17, 15) is 4.79 Å². The topological polar surface area (TPSA) is 74.0 Å². The van der Waals surface area contributed by atoms with Crippen LogP contribution >= 0.6 is 0 Å². The predicted molar refractivity (Wildman–Crippen MR) is 47.7 cm³/mol. The molecule has 1 heterocycles. The highest BCUT2D eigenvalue weighted by Gasteiger charge is 2.13. The molecule has 0 aromatic carbocycles. The Bertz CT molecular complexity index is 314. The fourth-order valence-corrected chi connectivity index (χ4v) is 1.30. The van der Waals surface area contributed by atoms with Crippen LogP contribution in [0.25, 0.3) is 0 Å². The fourth-order valence-electron chi connectivity index (χ4n) is 1.30. The summed E-state index contributed by atoms with van der Waals surface area (Å²) < 4.78 is 1.66. The van der Waals surface area contributed by atoms with E-state index in [1.54, 1.807) is 11.6 Å². The SMILES string of the molecule is CCc1cn(C)c(C(N)=O)c1N. The molecule has 12 heavy (non-hydrogen) atoms. The molecule has 4 N–H and O–H groups in total. The fraction of sp³-hybridized carbons (Fsp3) is 0.375. The second-order valence-corrected chi connectivity index (χ2v) is 2.75. The number of carbonyl (C=O) groups is 1. The van der Waals surface area contributed by atoms with Gasteiger partial charge in [-0.05, 0) is 12.0 Å². The molecule has 1 rings (SSSR count). The molecule has 0 radical (unpaired) electrons. The minimum Gasteiger partial charge on any atom is -0.397 e. The van der Waals surface area contributed by atoms with Crippen molar-refractivity contribution < 1.29 is 4.79 Å². The van der Waals surface area contributed by atoms with Gasteiger partial charge in [0.25, 0.3) is 5.91 Å². The van der Waals surface area contributed by atoms with Gasteiger partial charge in [0.15, 0.2) is 0 Å². The second-order valence-electron chi connectivity index (χ2n) is 2.75. The third-order valence-corrected chi connectivity index (χ3v) is 1.92. The van der Waals surface area contributed by atoms with Crippen molar-refractivity contribution in [1.82, 2.24) is 4.57 Å². The first-order valence-corrected chi connectivity index (χ1v) is 3.81. The molecular formula is C8H13N3O. The molecule has 4 nitrogen and oxygen atoms in total. The summed E-state index contributed by atoms with van der Waals surface area (Å²) in [5.41, 5.74) is 12.7. The van der Waals surface area contributed by atoms with Crippen molar-refractivity contribution in [3.05, 3.63) is 17.5 Å². The summed E-state index contributed by atoms with van der Waals surface area (Å²) in [6.45, 7) is 1.98. The molecule has 0 aliphatic carbocycles. The minimum atomic E-state index is -0.477. The Labute approximate surface area is 71.2 Å². The smallest absolute Gasteiger partial charge is 0.267 e. The van der Waals surface area contributed by atoms with Crippen LogP contribution in [0.3, 0.4) is 0 Å². The third-order valence-electron chi connectivity index (χ3n) is 1.92. The summed E-state index contributed by atoms with van der Waals surface area (Å²) in [4.78, 5) is 10.9. The number of carbonyl (C=O) groups excluding carboxylic acids is 1. The van der Waals surface area contributed by atoms with Crippen LogP contribution in [0.1, 0.15) is 23.0 Å². The Morgan fingerprint density at radius 2 is 2.25 bits per heavy atom. The van der Waals surface area contributed by atoms with E-state index in [-0.39, 0.29) is 0 Å². The Balaban J connectivity index is 3.28. The van der Waals surface area contributed by atoms with Crippen LogP contribution < -0.4 is 11.5 Å². The molecule has 0 saturated carbocycles. The highest BCUT2D eigenvalue weighted by Crippen LogP contribution is 2.18. The zero-order chi connectivity index (χ0) is 9.30. The molecule has 1 aromatic rings. The molecule has 0 aliphatic rings. The summed E-state index contributed by atoms with van der Waals surface area (Å²) in [5.74, 6) is -0.477. The number of anilines is 1. The van der Waals surface area contributed by atoms with E-state index in [1.807, 2.05) is 13.1 Å². The van der Waals surface area contributed by atoms with E-state index < -0.39 is 5.91 Å². The summed E-state index contributed by atoms with van der Waals surface area (Å²) >= 11 is 0. The lowest BCUT2D eigenvalue weighted by Gasteiger charge is -1.98. The summed E-state index contributed by atoms with van der Waals surface area (Å²) in [6, 6.07) is 0. The van der Waals surface area contributed by atoms with Crippen molar-refractivity contribution in [3.8, 4) is 0 Å². The number of aryl methyl sites for hydroxylation is 2. The number of hydrogen-bond donors (Lipinski definition) is 2. The predicted octanol–water partition coefficient (Wildman–Crippen LogP) is 0.269. The van der Waals surface area contributed by atoms with Crippen LogP contribution in [0.15, 0.2) is 6.20 Å². The van der Waals surface area contributed by atoms with Gasteiger partial charge in [-0.1, -0.05) is 6.92 Å². The summed E-state index contributed by atoms with van der Waals surface area (Å²) in [5, 5.41) is 0. The van der Waals surface area contributed by atoms with Crippen LogP contribution in [0, 0.1) is 0 Å². The van der Waals surface area contributed by atoms with Gasteiger partial charge >= 0.3 is 0 Å². The maximum absolute atomic E-state index is 10.9. The lowest BCUT2D eigenvalue weighted by molar-refractivity contribution is 0.0993. The van der Waals surface area contributed by atoms with Crippen LogP contribution in [-0.2, 0) is 13.5 Å². The number of nitrogens with zero attached hydrogens (tertiary/aromatic N) is 1. The molecule has 0 aliphatic heterocycles. The van der Waals surface area contributed by atoms with E-state index in [1.165, 1.54) is 0 Å². The first-order chi connectivity index (χ1) is 5.57. The summed E-state index contributed by atoms with van der Waals surface area (Å²) in [6.07, 6.45) is 2.64. The van der Waals surface area contributed by atoms with Gasteiger partial charge in [0.1, 0.15) is 5.69 Å². The highest BCUT2D eigenvalue weighted by molar-refractivity contribution is 5.97. The van der Waals surface area contributed by atoms with Gasteiger partial charge in [0.05, 0.1) is 5.69 Å². The number of primary amides is 1. The van der Waals surface area contributed by atoms with Gasteiger partial charge < -0.3 is 16.0 Å². The highest BCUT2D eigenvalue weighted by atomic mass is 16.1. The maximum Gasteiger partial charge on any atom is 0.267 e. The number of hydrogen-bond acceptors (Lipinski definition) is 2. The molecule has 1 amide bonds. The Hall–Kier alpha value is -1.45. The van der Waals surface area contributed by atoms with Crippen LogP contribution in [0.5, 0.6) is 0 Å². The van der Waals surface area contributed by atoms with Gasteiger partial charge in [0, 0.05) is 13.2 Å². The van der Waals surface area contributed by atoms with Gasteiger partial charge in [-0.3, -0.25) is 4.79 Å². The molecule has 0 unspecified atom stereocenters. The van der Waals surface area contributed by atoms with E-state index in [2.05, 4.69) is 0 Å². The largest absolute Gasteiger partial charge is 0.397 e. The molecule has 0 bridgehead atoms. The molecule has 4 heteroatoms. The standard InChI is InChI=1S/C8H13N3O/c1-3-5-4-11(2)7(6(5)9)8(10)12/h4H,3,9H2,1-2H3,(H2,10,12). The number of rotatable bonds is 2. The minimum absolute atomic E-state index is 0.395. The van der Waals surface area contributed by atoms with Gasteiger partial charge in [-0.25, -0.2) is 0 Å². The third kappa shape index (κ3) is 1.15. The molecular weight excluding hydrogens is 154 g/mol. The second kappa shape index (κ2) is 2.89. The quantitative estimate of drug-likeness (QED) is 0.663. The Morgan fingerprint density at radius 1 is 1.67 bits per heavy atom. The van der Waals surface area contributed by atoms with Crippen molar-refractivity contribution in [3.63, 3.8) is 0 Å². The van der Waals surface area contributed by atoms with Crippen molar-refractivity contribution in [1.29, 1.82) is 0 Å². The molecule has 66 valence electrons. The lowest BCUT2D eigenvalue weighted by atomic mass is 10.2. The Kier molecular flexibility index (Phi) is 2.08. The average molecular weight is 167 g/mol. The van der Waals surface area contributed by atoms with Crippen molar-refractivity contribution in [2.24, 2.45) is 12.8 Å². The van der Waals surface area contributed by atoms with E-state index in [0.29, 0.717) is 11.4 Å². The molecule has 0 fully saturated rings. The van der Waals surface area contributed by atoms with Crippen LogP contribution in [0.2, 0.25) is 0 Å². The maximum atomic E-state index is 10.9. The number of amides is 1. The molecule has 0 atom stereocenters. The van der Waals surface area contributed by atoms with Crippen LogP contribution in [-0.4, -0.2) is 10.5 Å². The lowest BCUT2D eigenvalue weighted by Crippen LogP contribution is -2.16. The zero-order valence-electron chi connectivity index (χ0n) is 7.29. The van der Waals surface area contributed by atoms with Gasteiger partial charge in [0.2, 0.25) is 0 Å². The Morgan fingerprint density at radius 3 is 2.50 bits per heavy atom. The van der Waals surface area contributed by atoms with Gasteiger partial charge in [-0.15, -0.1) is 0 Å². The van der Waals surface area contributed by atoms with Crippen molar-refractivity contribution in [2.75, 3.05) is 5.73 Å². The van der Waals surface area contributed by atoms with Crippen molar-refractivity contribution in [2.45, 2.75) is 13.3 Å². The molecule has 0 saturated heterocycles. The number of nitrogens with two attached hydrogens (primary N) is 2. The van der Waals surface area contributed by atoms with Crippen molar-refractivity contribution >= 4 is 11.6 Å². The number of aromatic nitrogens is 1. The first-order valence-electron chi connectivity index (χ1n) is 3.81. The van der Waals surface area contributed by atoms with E-state index in [0.717, 1.165) is 12.0 Å². The zero-order valence-corrected chi connectivity index (χ0v) is 7.29. The first kappa shape index (κ1) is 8.64. The van der Waals surface area contributed by atoms with Gasteiger partial charge in [-0.2, -0.15) is 0 Å². The molecule has 1 aromatic heterocycles. The van der Waals surface area contributed by atoms with Crippen LogP contribution in [0.4, 0.5) is 5.69 Å². The number of nitrogen functional groups attached to an aromatic ring is 1.